The summed E-state index contributed by atoms with van der Waals surface area (Å²) >= 11 is -2.95. The van der Waals surface area contributed by atoms with Gasteiger partial charge in [-0.3, -0.25) is 0 Å². The topological polar surface area (TPSA) is 0 Å². The van der Waals surface area contributed by atoms with E-state index in [9.17, 15) is 0 Å². The molecule has 3 aromatic rings. The van der Waals surface area contributed by atoms with Crippen molar-refractivity contribution >= 4 is 29.1 Å². The zero-order valence-electron chi connectivity index (χ0n) is 15.2. The van der Waals surface area contributed by atoms with Crippen LogP contribution in [-0.4, -0.2) is 18.4 Å². The van der Waals surface area contributed by atoms with E-state index < -0.39 is 18.4 Å². The van der Waals surface area contributed by atoms with E-state index in [-0.39, 0.29) is 0 Å². The van der Waals surface area contributed by atoms with Crippen LogP contribution in [0.3, 0.4) is 0 Å². The summed E-state index contributed by atoms with van der Waals surface area (Å²) in [4.78, 5) is 0. The van der Waals surface area contributed by atoms with Crippen molar-refractivity contribution in [1.29, 1.82) is 0 Å². The van der Waals surface area contributed by atoms with Crippen LogP contribution in [0.5, 0.6) is 0 Å². The fourth-order valence-corrected chi connectivity index (χ4v) is 18.0. The molecular formula is C24H28Sn. The van der Waals surface area contributed by atoms with Crippen LogP contribution in [-0.2, 0) is 0 Å². The zero-order chi connectivity index (χ0) is 17.4. The van der Waals surface area contributed by atoms with Crippen molar-refractivity contribution in [3.8, 4) is 0 Å². The van der Waals surface area contributed by atoms with E-state index in [0.29, 0.717) is 0 Å². The number of unbranched alkanes of at least 4 members (excludes halogenated alkanes) is 3. The molecule has 3 aromatic carbocycles. The van der Waals surface area contributed by atoms with Gasteiger partial charge >= 0.3 is 157 Å². The summed E-state index contributed by atoms with van der Waals surface area (Å²) in [7, 11) is 0. The van der Waals surface area contributed by atoms with Crippen LogP contribution in [0.25, 0.3) is 0 Å². The quantitative estimate of drug-likeness (QED) is 0.355. The van der Waals surface area contributed by atoms with Gasteiger partial charge in [-0.15, -0.1) is 0 Å². The van der Waals surface area contributed by atoms with Crippen LogP contribution in [0, 0.1) is 0 Å². The standard InChI is InChI=1S/3C6H5.C6H13.Sn/c3*1-2-4-6-5-3-1;1-3-5-6-4-2;/h3*1-5H;1,3-6H2,2H3;. The van der Waals surface area contributed by atoms with Gasteiger partial charge in [-0.1, -0.05) is 0 Å². The third-order valence-electron chi connectivity index (χ3n) is 5.21. The van der Waals surface area contributed by atoms with Gasteiger partial charge < -0.3 is 0 Å². The molecule has 0 aliphatic carbocycles. The summed E-state index contributed by atoms with van der Waals surface area (Å²) < 4.78 is 6.16. The summed E-state index contributed by atoms with van der Waals surface area (Å²) in [5.41, 5.74) is 0. The van der Waals surface area contributed by atoms with Crippen LogP contribution in [0.15, 0.2) is 91.0 Å². The molecule has 0 saturated carbocycles. The average molecular weight is 435 g/mol. The molecule has 3 rings (SSSR count). The van der Waals surface area contributed by atoms with E-state index in [1.54, 1.807) is 10.7 Å². The SMILES string of the molecule is CCCCC[CH2][Sn]([c]1ccccc1)([c]1ccccc1)[c]1ccccc1. The van der Waals surface area contributed by atoms with E-state index in [1.807, 2.05) is 0 Å². The Labute approximate surface area is 156 Å². The van der Waals surface area contributed by atoms with Gasteiger partial charge in [-0.2, -0.15) is 0 Å². The van der Waals surface area contributed by atoms with E-state index in [2.05, 4.69) is 97.9 Å². The van der Waals surface area contributed by atoms with Crippen LogP contribution in [0.4, 0.5) is 0 Å². The van der Waals surface area contributed by atoms with Gasteiger partial charge in [0, 0.05) is 0 Å². The molecule has 0 atom stereocenters. The molecule has 0 saturated heterocycles. The van der Waals surface area contributed by atoms with Crippen molar-refractivity contribution < 1.29 is 0 Å². The molecule has 0 N–H and O–H groups in total. The van der Waals surface area contributed by atoms with Crippen molar-refractivity contribution in [3.05, 3.63) is 91.0 Å². The van der Waals surface area contributed by atoms with E-state index >= 15 is 0 Å². The van der Waals surface area contributed by atoms with Crippen molar-refractivity contribution in [2.24, 2.45) is 0 Å². The molecular weight excluding hydrogens is 407 g/mol. The number of hydrogen-bond donors (Lipinski definition) is 0. The van der Waals surface area contributed by atoms with Gasteiger partial charge in [0.2, 0.25) is 0 Å². The first-order chi connectivity index (χ1) is 12.4. The number of benzene rings is 3. The third kappa shape index (κ3) is 4.17. The van der Waals surface area contributed by atoms with Crippen molar-refractivity contribution in [3.63, 3.8) is 0 Å². The van der Waals surface area contributed by atoms with E-state index in [4.69, 9.17) is 0 Å². The summed E-state index contributed by atoms with van der Waals surface area (Å²) in [6, 6.07) is 34.1. The fourth-order valence-electron chi connectivity index (χ4n) is 3.92. The van der Waals surface area contributed by atoms with E-state index in [1.165, 1.54) is 30.1 Å². The van der Waals surface area contributed by atoms with Crippen LogP contribution >= 0.6 is 0 Å². The van der Waals surface area contributed by atoms with Gasteiger partial charge in [-0.05, 0) is 0 Å². The second-order valence-corrected chi connectivity index (χ2v) is 18.4. The molecule has 0 aliphatic rings. The number of hydrogen-bond acceptors (Lipinski definition) is 0. The molecule has 0 unspecified atom stereocenters. The second-order valence-electron chi connectivity index (χ2n) is 6.81. The molecule has 0 amide bonds. The van der Waals surface area contributed by atoms with Crippen molar-refractivity contribution in [2.45, 2.75) is 37.0 Å². The molecule has 0 nitrogen and oxygen atoms in total. The normalized spacial score (nSPS) is 11.4. The molecule has 0 spiro atoms. The Kier molecular flexibility index (Phi) is 6.75. The minimum atomic E-state index is -2.95. The van der Waals surface area contributed by atoms with Gasteiger partial charge in [0.15, 0.2) is 0 Å². The maximum absolute atomic E-state index is 2.95. The maximum atomic E-state index is 2.38. The molecule has 0 fully saturated rings. The minimum absolute atomic E-state index is 1.30. The summed E-state index contributed by atoms with van der Waals surface area (Å²) in [5, 5.41) is 0. The summed E-state index contributed by atoms with van der Waals surface area (Å²) in [5.74, 6) is 0. The average Bonchev–Trinajstić information content (AvgIpc) is 2.70. The van der Waals surface area contributed by atoms with Crippen molar-refractivity contribution in [2.75, 3.05) is 0 Å². The monoisotopic (exact) mass is 436 g/mol. The first-order valence-corrected chi connectivity index (χ1v) is 15.8. The first kappa shape index (κ1) is 18.3. The Hall–Kier alpha value is -1.54. The van der Waals surface area contributed by atoms with Gasteiger partial charge in [0.25, 0.3) is 0 Å². The molecule has 0 aromatic heterocycles. The molecule has 1 heteroatoms. The Balaban J connectivity index is 2.13. The first-order valence-electron chi connectivity index (χ1n) is 9.54. The molecule has 0 heterocycles. The van der Waals surface area contributed by atoms with Gasteiger partial charge in [-0.25, -0.2) is 0 Å². The molecule has 0 aliphatic heterocycles. The molecule has 25 heavy (non-hydrogen) atoms. The van der Waals surface area contributed by atoms with Crippen LogP contribution < -0.4 is 10.7 Å². The molecule has 0 radical (unpaired) electrons. The third-order valence-corrected chi connectivity index (χ3v) is 19.6. The predicted molar refractivity (Wildman–Crippen MR) is 113 cm³/mol. The van der Waals surface area contributed by atoms with Crippen LogP contribution in [0.2, 0.25) is 4.44 Å². The second kappa shape index (κ2) is 9.24. The van der Waals surface area contributed by atoms with Gasteiger partial charge in [0.05, 0.1) is 0 Å². The predicted octanol–water partition coefficient (Wildman–Crippen LogP) is 4.74. The Morgan fingerprint density at radius 3 is 1.28 bits per heavy atom. The number of rotatable bonds is 8. The molecule has 0 bridgehead atoms. The van der Waals surface area contributed by atoms with Crippen molar-refractivity contribution in [1.82, 2.24) is 0 Å². The zero-order valence-corrected chi connectivity index (χ0v) is 18.0. The molecule has 128 valence electrons. The van der Waals surface area contributed by atoms with Gasteiger partial charge in [0.1, 0.15) is 0 Å². The van der Waals surface area contributed by atoms with Crippen LogP contribution in [0.1, 0.15) is 32.6 Å². The fraction of sp³-hybridized carbons (Fsp3) is 0.250. The Morgan fingerprint density at radius 1 is 0.520 bits per heavy atom. The van der Waals surface area contributed by atoms with E-state index in [0.717, 1.165) is 0 Å². The summed E-state index contributed by atoms with van der Waals surface area (Å²) in [6.07, 6.45) is 5.33. The Morgan fingerprint density at radius 2 is 0.920 bits per heavy atom. The summed E-state index contributed by atoms with van der Waals surface area (Å²) in [6.45, 7) is 2.29. The Bertz CT molecular complexity index is 638.